The van der Waals surface area contributed by atoms with E-state index in [0.29, 0.717) is 11.8 Å². The van der Waals surface area contributed by atoms with E-state index in [1.165, 1.54) is 62.5 Å². The Morgan fingerprint density at radius 1 is 0.420 bits per heavy atom. The summed E-state index contributed by atoms with van der Waals surface area (Å²) in [5.41, 5.74) is 14.0. The molecule has 4 bridgehead atoms. The molecule has 244 valence electrons. The molecule has 6 aliphatic carbocycles. The summed E-state index contributed by atoms with van der Waals surface area (Å²) in [5.74, 6) is 4.52. The highest BCUT2D eigenvalue weighted by Gasteiger charge is 2.48. The maximum atomic E-state index is 6.63. The van der Waals surface area contributed by atoms with E-state index in [1.54, 1.807) is 22.3 Å². The van der Waals surface area contributed by atoms with Gasteiger partial charge in [-0.05, 0) is 146 Å². The quantitative estimate of drug-likeness (QED) is 0.190. The van der Waals surface area contributed by atoms with Gasteiger partial charge in [-0.3, -0.25) is 9.97 Å². The van der Waals surface area contributed by atoms with Crippen LogP contribution in [0.1, 0.15) is 120 Å². The highest BCUT2D eigenvalue weighted by molar-refractivity contribution is 5.71. The number of rotatable bonds is 4. The van der Waals surface area contributed by atoms with Crippen molar-refractivity contribution in [3.05, 3.63) is 166 Å². The Hall–Kier alpha value is -5.02. The van der Waals surface area contributed by atoms with Crippen LogP contribution in [0, 0.1) is 0 Å². The van der Waals surface area contributed by atoms with Crippen molar-refractivity contribution in [2.45, 2.75) is 80.5 Å². The van der Waals surface area contributed by atoms with Crippen molar-refractivity contribution in [3.8, 4) is 34.0 Å². The van der Waals surface area contributed by atoms with E-state index in [4.69, 9.17) is 14.7 Å². The molecule has 0 radical (unpaired) electrons. The monoisotopic (exact) mass is 648 g/mol. The second kappa shape index (κ2) is 11.0. The van der Waals surface area contributed by atoms with Crippen LogP contribution < -0.4 is 4.74 Å². The number of pyridine rings is 2. The van der Waals surface area contributed by atoms with Crippen molar-refractivity contribution in [1.82, 2.24) is 9.97 Å². The Bertz CT molecular complexity index is 2140. The summed E-state index contributed by atoms with van der Waals surface area (Å²) in [5, 5.41) is 0. The zero-order valence-corrected chi connectivity index (χ0v) is 28.3. The van der Waals surface area contributed by atoms with E-state index < -0.39 is 5.41 Å². The van der Waals surface area contributed by atoms with Gasteiger partial charge in [0.05, 0.1) is 22.8 Å². The average Bonchev–Trinajstić information content (AvgIpc) is 3.20. The molecule has 7 aliphatic rings. The van der Waals surface area contributed by atoms with Gasteiger partial charge >= 0.3 is 0 Å². The number of aromatic nitrogens is 2. The summed E-state index contributed by atoms with van der Waals surface area (Å²) in [6.45, 7) is 0. The van der Waals surface area contributed by atoms with Crippen LogP contribution in [-0.2, 0) is 5.41 Å². The first kappa shape index (κ1) is 28.8. The molecule has 13 rings (SSSR count). The van der Waals surface area contributed by atoms with Crippen molar-refractivity contribution in [1.29, 1.82) is 0 Å². The molecule has 3 nitrogen and oxygen atoms in total. The maximum Gasteiger partial charge on any atom is 0.132 e. The molecule has 2 saturated carbocycles. The van der Waals surface area contributed by atoms with Crippen molar-refractivity contribution >= 4 is 0 Å². The highest BCUT2D eigenvalue weighted by atomic mass is 16.5. The van der Waals surface area contributed by atoms with Crippen molar-refractivity contribution in [2.24, 2.45) is 0 Å². The number of nitrogens with zero attached hydrogens (tertiary/aromatic N) is 2. The van der Waals surface area contributed by atoms with Crippen LogP contribution in [0.4, 0.5) is 0 Å². The van der Waals surface area contributed by atoms with E-state index in [0.717, 1.165) is 57.2 Å². The first-order chi connectivity index (χ1) is 24.7. The topological polar surface area (TPSA) is 35.0 Å². The summed E-state index contributed by atoms with van der Waals surface area (Å²) in [7, 11) is 0. The van der Waals surface area contributed by atoms with Crippen LogP contribution in [0.25, 0.3) is 22.5 Å². The fourth-order valence-corrected chi connectivity index (χ4v) is 10.6. The average molecular weight is 649 g/mol. The Labute approximate surface area is 294 Å². The molecule has 50 heavy (non-hydrogen) atoms. The van der Waals surface area contributed by atoms with Crippen molar-refractivity contribution in [2.75, 3.05) is 0 Å². The van der Waals surface area contributed by atoms with Crippen LogP contribution in [-0.4, -0.2) is 9.97 Å². The summed E-state index contributed by atoms with van der Waals surface area (Å²) in [6, 6.07) is 44.4. The first-order valence-electron chi connectivity index (χ1n) is 18.8. The minimum atomic E-state index is -0.780. The summed E-state index contributed by atoms with van der Waals surface area (Å²) in [6.07, 6.45) is 10.6. The molecule has 0 spiro atoms. The van der Waals surface area contributed by atoms with Gasteiger partial charge in [-0.15, -0.1) is 0 Å². The molecule has 6 aromatic rings. The van der Waals surface area contributed by atoms with Crippen molar-refractivity contribution < 1.29 is 4.74 Å². The molecule has 0 unspecified atom stereocenters. The molecule has 0 saturated heterocycles. The third kappa shape index (κ3) is 4.16. The van der Waals surface area contributed by atoms with E-state index in [1.807, 2.05) is 0 Å². The van der Waals surface area contributed by atoms with Crippen molar-refractivity contribution in [3.63, 3.8) is 0 Å². The van der Waals surface area contributed by atoms with Gasteiger partial charge in [-0.2, -0.15) is 0 Å². The lowest BCUT2D eigenvalue weighted by Gasteiger charge is -2.40. The fraction of sp³-hybridized carbons (Fsp3) is 0.277. The molecule has 0 atom stereocenters. The Morgan fingerprint density at radius 3 is 1.30 bits per heavy atom. The van der Waals surface area contributed by atoms with Gasteiger partial charge < -0.3 is 4.74 Å². The number of para-hydroxylation sites is 2. The number of ether oxygens (including phenoxy) is 1. The molecule has 1 aliphatic heterocycles. The summed E-state index contributed by atoms with van der Waals surface area (Å²) < 4.78 is 6.63. The smallest absolute Gasteiger partial charge is 0.132 e. The zero-order valence-electron chi connectivity index (χ0n) is 28.3. The van der Waals surface area contributed by atoms with Crippen LogP contribution in [0.15, 0.2) is 121 Å². The minimum absolute atomic E-state index is 0.685. The lowest BCUT2D eigenvalue weighted by molar-refractivity contribution is 0.359. The minimum Gasteiger partial charge on any atom is -0.457 e. The van der Waals surface area contributed by atoms with Gasteiger partial charge in [0.2, 0.25) is 0 Å². The second-order valence-electron chi connectivity index (χ2n) is 15.4. The van der Waals surface area contributed by atoms with Gasteiger partial charge in [0.25, 0.3) is 0 Å². The van der Waals surface area contributed by atoms with Gasteiger partial charge in [0.15, 0.2) is 0 Å². The van der Waals surface area contributed by atoms with E-state index in [2.05, 4.69) is 121 Å². The van der Waals surface area contributed by atoms with Crippen LogP contribution in [0.5, 0.6) is 11.5 Å². The summed E-state index contributed by atoms with van der Waals surface area (Å²) in [4.78, 5) is 11.2. The van der Waals surface area contributed by atoms with Crippen LogP contribution >= 0.6 is 0 Å². The molecule has 2 fully saturated rings. The van der Waals surface area contributed by atoms with Gasteiger partial charge in [-0.25, -0.2) is 0 Å². The molecular weight excluding hydrogens is 609 g/mol. The van der Waals surface area contributed by atoms with E-state index >= 15 is 0 Å². The third-order valence-electron chi connectivity index (χ3n) is 13.0. The summed E-state index contributed by atoms with van der Waals surface area (Å²) >= 11 is 0. The maximum absolute atomic E-state index is 6.63. The molecule has 3 heterocycles. The highest BCUT2D eigenvalue weighted by Crippen LogP contribution is 2.55. The first-order valence-corrected chi connectivity index (χ1v) is 18.8. The third-order valence-corrected chi connectivity index (χ3v) is 13.0. The van der Waals surface area contributed by atoms with E-state index in [9.17, 15) is 0 Å². The van der Waals surface area contributed by atoms with Gasteiger partial charge in [0, 0.05) is 22.3 Å². The zero-order chi connectivity index (χ0) is 32.8. The molecule has 3 heteroatoms. The molecule has 4 aromatic carbocycles. The lowest BCUT2D eigenvalue weighted by Crippen LogP contribution is -2.36. The largest absolute Gasteiger partial charge is 0.457 e. The molecule has 0 amide bonds. The fourth-order valence-electron chi connectivity index (χ4n) is 10.6. The van der Waals surface area contributed by atoms with Crippen LogP contribution in [0.3, 0.4) is 0 Å². The predicted octanol–water partition coefficient (Wildman–Crippen LogP) is 11.8. The second-order valence-corrected chi connectivity index (χ2v) is 15.4. The number of hydrogen-bond acceptors (Lipinski definition) is 3. The lowest BCUT2D eigenvalue weighted by atomic mass is 9.66. The van der Waals surface area contributed by atoms with E-state index in [-0.39, 0.29) is 0 Å². The number of fused-ring (bicyclic) bond motifs is 6. The Balaban J connectivity index is 1.12. The van der Waals surface area contributed by atoms with Gasteiger partial charge in [0.1, 0.15) is 16.9 Å². The van der Waals surface area contributed by atoms with Gasteiger partial charge in [-0.1, -0.05) is 72.8 Å². The predicted molar refractivity (Wildman–Crippen MR) is 199 cm³/mol. The molecule has 2 aromatic heterocycles. The normalized spacial score (nSPS) is 23.3. The Kier molecular flexibility index (Phi) is 6.33. The number of benzene rings is 4. The van der Waals surface area contributed by atoms with Crippen LogP contribution in [0.2, 0.25) is 0 Å². The Morgan fingerprint density at radius 2 is 0.840 bits per heavy atom. The molecular formula is C47H40N2O. The standard InChI is InChI=1S/C47H40N2O/c1-3-11-43-39(7-1)47(40-8-2-4-12-44(40)50-43,45-13-5-9-41(48-45)33-23-25-35-29-15-19-31(20-16-29)37(35)27-33)46-14-6-10-42(49-46)34-24-26-36-30-17-21-32(22-18-30)38(36)28-34/h1-14,23-32H,15-22H2. The number of hydrogen-bond donors (Lipinski definition) is 0. The molecule has 0 N–H and O–H groups in total. The SMILES string of the molecule is c1cc(-c2ccc3c(c2)C2CCC3CC2)nc(C2(c3cccc(-c4ccc5c(c4)C4CCC5CC4)n3)c3ccccc3Oc3ccccc32)c1.